The lowest BCUT2D eigenvalue weighted by Gasteiger charge is -1.90. The molecule has 3 heteroatoms. The second-order valence-electron chi connectivity index (χ2n) is 1.98. The summed E-state index contributed by atoms with van der Waals surface area (Å²) in [5.41, 5.74) is 0. The number of carbonyl (C=O) groups excluding carboxylic acids is 1. The predicted molar refractivity (Wildman–Crippen MR) is 30.4 cm³/mol. The second kappa shape index (κ2) is 2.67. The molecule has 1 rings (SSSR count). The molecule has 0 aliphatic carbocycles. The molecule has 1 saturated heterocycles. The molecule has 0 bridgehead atoms. The van der Waals surface area contributed by atoms with Gasteiger partial charge in [0.05, 0.1) is 0 Å². The number of amides is 1. The van der Waals surface area contributed by atoms with Gasteiger partial charge in [0.15, 0.2) is 0 Å². The van der Waals surface area contributed by atoms with Crippen molar-refractivity contribution in [3.8, 4) is 0 Å². The van der Waals surface area contributed by atoms with Crippen LogP contribution in [0.4, 0.5) is 0 Å². The average Bonchev–Trinajstić information content (AvgIpc) is 1.91. The van der Waals surface area contributed by atoms with E-state index in [1.807, 2.05) is 6.92 Å². The normalized spacial score (nSPS) is 26.6. The quantitative estimate of drug-likeness (QED) is 0.449. The van der Waals surface area contributed by atoms with E-state index in [0.29, 0.717) is 0 Å². The molecular weight excluding hydrogens is 106 g/mol. The Kier molecular flexibility index (Phi) is 2.48. The molecule has 3 nitrogen and oxygen atoms in total. The predicted octanol–water partition coefficient (Wildman–Crippen LogP) is -0.682. The molecule has 3 N–H and O–H groups in total. The third kappa shape index (κ3) is 1.20. The molecule has 0 aromatic heterocycles. The van der Waals surface area contributed by atoms with E-state index in [1.165, 1.54) is 0 Å². The highest BCUT2D eigenvalue weighted by molar-refractivity contribution is 5.80. The molecule has 0 spiro atoms. The Hall–Kier alpha value is -0.570. The Labute approximate surface area is 48.4 Å². The van der Waals surface area contributed by atoms with Gasteiger partial charge in [-0.25, -0.2) is 0 Å². The smallest absolute Gasteiger partial charge is 0.222 e. The first kappa shape index (κ1) is 7.43. The van der Waals surface area contributed by atoms with Crippen LogP contribution in [0.5, 0.6) is 0 Å². The first-order valence-corrected chi connectivity index (χ1v) is 2.58. The maximum atomic E-state index is 10.5. The lowest BCUT2D eigenvalue weighted by Crippen LogP contribution is -2.16. The Bertz CT molecular complexity index is 92.4. The van der Waals surface area contributed by atoms with E-state index in [9.17, 15) is 4.79 Å². The fraction of sp³-hybridized carbons (Fsp3) is 0.800. The third-order valence-electron chi connectivity index (χ3n) is 1.32. The van der Waals surface area contributed by atoms with Crippen molar-refractivity contribution in [3.05, 3.63) is 0 Å². The minimum absolute atomic E-state index is 0. The van der Waals surface area contributed by atoms with Crippen molar-refractivity contribution in [2.75, 3.05) is 6.54 Å². The van der Waals surface area contributed by atoms with E-state index < -0.39 is 0 Å². The van der Waals surface area contributed by atoms with Crippen LogP contribution < -0.4 is 5.32 Å². The summed E-state index contributed by atoms with van der Waals surface area (Å²) < 4.78 is 0. The van der Waals surface area contributed by atoms with E-state index in [1.54, 1.807) is 0 Å². The highest BCUT2D eigenvalue weighted by Crippen LogP contribution is 2.05. The van der Waals surface area contributed by atoms with Crippen LogP contribution in [-0.2, 0) is 4.79 Å². The standard InChI is InChI=1S/C5H9NO.H2O/c1-4-2-3-6-5(4)7;/h4H,2-3H2,1H3,(H,6,7);1H2. The van der Waals surface area contributed by atoms with Crippen LogP contribution in [0.1, 0.15) is 13.3 Å². The fourth-order valence-corrected chi connectivity index (χ4v) is 0.717. The van der Waals surface area contributed by atoms with Gasteiger partial charge in [0.1, 0.15) is 0 Å². The van der Waals surface area contributed by atoms with Gasteiger partial charge in [0.2, 0.25) is 5.91 Å². The molecule has 1 aliphatic rings. The lowest BCUT2D eigenvalue weighted by molar-refractivity contribution is -0.121. The molecule has 1 amide bonds. The molecule has 48 valence electrons. The Morgan fingerprint density at radius 3 is 2.50 bits per heavy atom. The zero-order valence-electron chi connectivity index (χ0n) is 4.90. The van der Waals surface area contributed by atoms with E-state index >= 15 is 0 Å². The molecule has 0 aromatic rings. The minimum Gasteiger partial charge on any atom is -0.412 e. The van der Waals surface area contributed by atoms with Crippen molar-refractivity contribution in [3.63, 3.8) is 0 Å². The van der Waals surface area contributed by atoms with Crippen molar-refractivity contribution in [1.29, 1.82) is 0 Å². The van der Waals surface area contributed by atoms with Crippen molar-refractivity contribution in [1.82, 2.24) is 5.32 Å². The monoisotopic (exact) mass is 117 g/mol. The van der Waals surface area contributed by atoms with Gasteiger partial charge < -0.3 is 10.8 Å². The van der Waals surface area contributed by atoms with Crippen molar-refractivity contribution < 1.29 is 10.3 Å². The van der Waals surface area contributed by atoms with Crippen molar-refractivity contribution >= 4 is 5.91 Å². The average molecular weight is 117 g/mol. The van der Waals surface area contributed by atoms with Gasteiger partial charge in [-0.15, -0.1) is 0 Å². The van der Waals surface area contributed by atoms with Crippen molar-refractivity contribution in [2.24, 2.45) is 5.92 Å². The van der Waals surface area contributed by atoms with Gasteiger partial charge >= 0.3 is 0 Å². The fourth-order valence-electron chi connectivity index (χ4n) is 0.717. The molecule has 1 unspecified atom stereocenters. The first-order valence-electron chi connectivity index (χ1n) is 2.58. The largest absolute Gasteiger partial charge is 0.412 e. The first-order chi connectivity index (χ1) is 3.30. The summed E-state index contributed by atoms with van der Waals surface area (Å²) in [6.45, 7) is 2.82. The molecule has 8 heavy (non-hydrogen) atoms. The van der Waals surface area contributed by atoms with Gasteiger partial charge in [0, 0.05) is 12.5 Å². The SMILES string of the molecule is CC1CCNC1=O.O. The molecule has 1 atom stereocenters. The number of hydrogen-bond acceptors (Lipinski definition) is 1. The summed E-state index contributed by atoms with van der Waals surface area (Å²) in [6.07, 6.45) is 1.01. The summed E-state index contributed by atoms with van der Waals surface area (Å²) in [6, 6.07) is 0. The van der Waals surface area contributed by atoms with Gasteiger partial charge in [-0.2, -0.15) is 0 Å². The summed E-state index contributed by atoms with van der Waals surface area (Å²) >= 11 is 0. The third-order valence-corrected chi connectivity index (χ3v) is 1.32. The van der Waals surface area contributed by atoms with Gasteiger partial charge in [-0.1, -0.05) is 6.92 Å². The maximum absolute atomic E-state index is 10.5. The van der Waals surface area contributed by atoms with Gasteiger partial charge in [-0.05, 0) is 6.42 Å². The van der Waals surface area contributed by atoms with Crippen LogP contribution in [0.3, 0.4) is 0 Å². The van der Waals surface area contributed by atoms with Crippen LogP contribution in [0.25, 0.3) is 0 Å². The highest BCUT2D eigenvalue weighted by Gasteiger charge is 2.17. The molecule has 1 fully saturated rings. The van der Waals surface area contributed by atoms with Crippen LogP contribution >= 0.6 is 0 Å². The molecule has 1 aliphatic heterocycles. The lowest BCUT2D eigenvalue weighted by atomic mass is 10.1. The van der Waals surface area contributed by atoms with Gasteiger partial charge in [0.25, 0.3) is 0 Å². The topological polar surface area (TPSA) is 60.6 Å². The van der Waals surface area contributed by atoms with E-state index in [0.717, 1.165) is 13.0 Å². The van der Waals surface area contributed by atoms with Gasteiger partial charge in [-0.3, -0.25) is 4.79 Å². The molecule has 0 radical (unpaired) electrons. The summed E-state index contributed by atoms with van der Waals surface area (Å²) in [7, 11) is 0. The Balaban J connectivity index is 0.000000490. The zero-order chi connectivity index (χ0) is 5.28. The minimum atomic E-state index is 0. The number of rotatable bonds is 0. The Morgan fingerprint density at radius 2 is 2.38 bits per heavy atom. The van der Waals surface area contributed by atoms with E-state index in [4.69, 9.17) is 0 Å². The number of carbonyl (C=O) groups is 1. The van der Waals surface area contributed by atoms with Crippen LogP contribution in [0, 0.1) is 5.92 Å². The second-order valence-corrected chi connectivity index (χ2v) is 1.98. The van der Waals surface area contributed by atoms with Crippen LogP contribution in [0.15, 0.2) is 0 Å². The zero-order valence-corrected chi connectivity index (χ0v) is 4.90. The van der Waals surface area contributed by atoms with E-state index in [2.05, 4.69) is 5.32 Å². The van der Waals surface area contributed by atoms with E-state index in [-0.39, 0.29) is 17.3 Å². The number of hydrogen-bond donors (Lipinski definition) is 1. The molecule has 1 heterocycles. The molecule has 0 aromatic carbocycles. The summed E-state index contributed by atoms with van der Waals surface area (Å²) in [4.78, 5) is 10.5. The Morgan fingerprint density at radius 1 is 1.75 bits per heavy atom. The number of nitrogens with one attached hydrogen (secondary N) is 1. The van der Waals surface area contributed by atoms with Crippen LogP contribution in [0.2, 0.25) is 0 Å². The molecule has 0 saturated carbocycles. The molecular formula is C5H11NO2. The van der Waals surface area contributed by atoms with Crippen LogP contribution in [-0.4, -0.2) is 17.9 Å². The summed E-state index contributed by atoms with van der Waals surface area (Å²) in [5, 5.41) is 2.73. The highest BCUT2D eigenvalue weighted by atomic mass is 16.2. The maximum Gasteiger partial charge on any atom is 0.222 e. The van der Waals surface area contributed by atoms with Crippen molar-refractivity contribution in [2.45, 2.75) is 13.3 Å². The summed E-state index contributed by atoms with van der Waals surface area (Å²) in [5.74, 6) is 0.472.